The summed E-state index contributed by atoms with van der Waals surface area (Å²) >= 11 is 0. The molecule has 2 N–H and O–H groups in total. The van der Waals surface area contributed by atoms with Crippen LogP contribution in [0.3, 0.4) is 0 Å². The molecule has 1 aliphatic heterocycles. The van der Waals surface area contributed by atoms with Crippen LogP contribution >= 0.6 is 0 Å². The number of anilines is 1. The molecule has 162 valence electrons. The molecule has 1 atom stereocenters. The van der Waals surface area contributed by atoms with Gasteiger partial charge in [0.05, 0.1) is 29.4 Å². The number of piperidine rings is 1. The van der Waals surface area contributed by atoms with Crippen molar-refractivity contribution in [2.75, 3.05) is 18.0 Å². The Morgan fingerprint density at radius 1 is 1.16 bits per heavy atom. The summed E-state index contributed by atoms with van der Waals surface area (Å²) in [5.74, 6) is 0.618. The zero-order valence-corrected chi connectivity index (χ0v) is 18.2. The van der Waals surface area contributed by atoms with Gasteiger partial charge in [0.15, 0.2) is 0 Å². The largest absolute Gasteiger partial charge is 0.341 e. The molecule has 0 radical (unpaired) electrons. The maximum atomic E-state index is 13.7. The minimum atomic E-state index is -0.119. The predicted molar refractivity (Wildman–Crippen MR) is 128 cm³/mol. The summed E-state index contributed by atoms with van der Waals surface area (Å²) in [6.07, 6.45) is 5.68. The van der Waals surface area contributed by atoms with Crippen molar-refractivity contribution in [3.63, 3.8) is 0 Å². The Bertz CT molecular complexity index is 1220. The monoisotopic (exact) mass is 425 g/mol. The molecule has 0 spiro atoms. The molecule has 0 amide bonds. The van der Waals surface area contributed by atoms with E-state index in [9.17, 15) is 10.1 Å². The van der Waals surface area contributed by atoms with Gasteiger partial charge in [0.1, 0.15) is 0 Å². The molecule has 1 unspecified atom stereocenters. The number of hydrogen-bond acceptors (Lipinski definition) is 5. The van der Waals surface area contributed by atoms with Crippen molar-refractivity contribution < 1.29 is 0 Å². The van der Waals surface area contributed by atoms with Gasteiger partial charge in [-0.2, -0.15) is 5.26 Å². The van der Waals surface area contributed by atoms with Gasteiger partial charge in [-0.3, -0.25) is 9.36 Å². The van der Waals surface area contributed by atoms with Crippen molar-refractivity contribution in [3.05, 3.63) is 92.9 Å². The van der Waals surface area contributed by atoms with E-state index in [1.165, 1.54) is 0 Å². The van der Waals surface area contributed by atoms with Crippen molar-refractivity contribution >= 4 is 18.1 Å². The lowest BCUT2D eigenvalue weighted by atomic mass is 10.1. The second-order valence-electron chi connectivity index (χ2n) is 8.16. The maximum Gasteiger partial charge on any atom is 0.262 e. The lowest BCUT2D eigenvalue weighted by Crippen LogP contribution is -2.46. The summed E-state index contributed by atoms with van der Waals surface area (Å²) in [7, 11) is 0. The van der Waals surface area contributed by atoms with Crippen molar-refractivity contribution in [1.29, 1.82) is 5.26 Å². The Morgan fingerprint density at radius 3 is 2.66 bits per heavy atom. The highest BCUT2D eigenvalue weighted by Crippen LogP contribution is 2.21. The third kappa shape index (κ3) is 4.63. The first-order valence-electron chi connectivity index (χ1n) is 10.9. The summed E-state index contributed by atoms with van der Waals surface area (Å²) in [4.78, 5) is 20.6. The van der Waals surface area contributed by atoms with Gasteiger partial charge in [0, 0.05) is 19.1 Å². The Morgan fingerprint density at radius 2 is 1.91 bits per heavy atom. The molecule has 1 aliphatic rings. The maximum absolute atomic E-state index is 13.7. The van der Waals surface area contributed by atoms with Gasteiger partial charge in [0.25, 0.3) is 5.56 Å². The molecule has 3 aromatic rings. The first-order chi connectivity index (χ1) is 15.6. The number of nitriles is 1. The molecular formula is C26H27N5O. The van der Waals surface area contributed by atoms with Gasteiger partial charge in [-0.15, -0.1) is 0 Å². The summed E-state index contributed by atoms with van der Waals surface area (Å²) in [5, 5.41) is 9.54. The second kappa shape index (κ2) is 9.63. The Hall–Kier alpha value is -3.69. The number of rotatable bonds is 5. The number of hydrogen-bond donors (Lipinski definition) is 1. The van der Waals surface area contributed by atoms with Gasteiger partial charge in [-0.05, 0) is 43.0 Å². The first kappa shape index (κ1) is 21.5. The topological polar surface area (TPSA) is 87.9 Å². The van der Waals surface area contributed by atoms with Crippen molar-refractivity contribution in [3.8, 4) is 6.07 Å². The molecule has 1 saturated heterocycles. The predicted octanol–water partition coefficient (Wildman–Crippen LogP) is 3.57. The zero-order chi connectivity index (χ0) is 22.5. The van der Waals surface area contributed by atoms with Crippen LogP contribution in [-0.2, 0) is 6.54 Å². The van der Waals surface area contributed by atoms with Crippen LogP contribution in [0.5, 0.6) is 0 Å². The minimum absolute atomic E-state index is 0.0541. The van der Waals surface area contributed by atoms with Crippen LogP contribution in [0.4, 0.5) is 5.95 Å². The Labute approximate surface area is 188 Å². The molecule has 1 aromatic heterocycles. The van der Waals surface area contributed by atoms with Crippen LogP contribution in [0.2, 0.25) is 0 Å². The molecule has 2 aromatic carbocycles. The van der Waals surface area contributed by atoms with Gasteiger partial charge in [0.2, 0.25) is 5.95 Å². The molecule has 6 nitrogen and oxygen atoms in total. The van der Waals surface area contributed by atoms with Crippen molar-refractivity contribution in [1.82, 2.24) is 9.55 Å². The van der Waals surface area contributed by atoms with E-state index in [1.807, 2.05) is 67.6 Å². The van der Waals surface area contributed by atoms with Crippen molar-refractivity contribution in [2.24, 2.45) is 5.73 Å². The van der Waals surface area contributed by atoms with E-state index in [1.54, 1.807) is 10.6 Å². The van der Waals surface area contributed by atoms with Gasteiger partial charge < -0.3 is 10.6 Å². The number of benzene rings is 2. The summed E-state index contributed by atoms with van der Waals surface area (Å²) in [6.45, 7) is 3.61. The highest BCUT2D eigenvalue weighted by atomic mass is 16.1. The number of nitrogens with two attached hydrogens (primary N) is 1. The normalized spacial score (nSPS) is 16.3. The fourth-order valence-electron chi connectivity index (χ4n) is 4.11. The average molecular weight is 426 g/mol. The van der Waals surface area contributed by atoms with E-state index < -0.39 is 0 Å². The minimum Gasteiger partial charge on any atom is -0.341 e. The smallest absolute Gasteiger partial charge is 0.262 e. The fourth-order valence-corrected chi connectivity index (χ4v) is 4.11. The van der Waals surface area contributed by atoms with Crippen LogP contribution in [-0.4, -0.2) is 28.7 Å². The summed E-state index contributed by atoms with van der Waals surface area (Å²) in [6, 6.07) is 19.5. The van der Waals surface area contributed by atoms with Crippen molar-refractivity contribution in [2.45, 2.75) is 32.4 Å². The van der Waals surface area contributed by atoms with Crippen LogP contribution in [0.15, 0.2) is 59.4 Å². The lowest BCUT2D eigenvalue weighted by molar-refractivity contribution is 0.490. The van der Waals surface area contributed by atoms with E-state index in [2.05, 4.69) is 11.0 Å². The number of nitrogens with zero attached hydrogens (tertiary/aromatic N) is 4. The van der Waals surface area contributed by atoms with E-state index in [0.29, 0.717) is 29.3 Å². The lowest BCUT2D eigenvalue weighted by Gasteiger charge is -2.33. The second-order valence-corrected chi connectivity index (χ2v) is 8.16. The van der Waals surface area contributed by atoms with E-state index in [4.69, 9.17) is 10.7 Å². The molecule has 32 heavy (non-hydrogen) atoms. The van der Waals surface area contributed by atoms with E-state index in [-0.39, 0.29) is 18.1 Å². The Kier molecular flexibility index (Phi) is 6.48. The third-order valence-electron chi connectivity index (χ3n) is 5.82. The molecule has 1 fully saturated rings. The summed E-state index contributed by atoms with van der Waals surface area (Å²) in [5.41, 5.74) is 9.70. The van der Waals surface area contributed by atoms with E-state index >= 15 is 0 Å². The molecule has 4 rings (SSSR count). The van der Waals surface area contributed by atoms with Gasteiger partial charge in [-0.1, -0.05) is 54.6 Å². The standard InChI is InChI=1S/C26H27N5O/c1-19-24(14-13-20-8-3-2-4-9-20)25(32)31(17-22-11-6-5-10-21(22)16-27)26(29-19)30-15-7-12-23(28)18-30/h2-6,8-11,13-14,23H,7,12,15,17-18,28H2,1H3/b14-13+. The molecular weight excluding hydrogens is 398 g/mol. The third-order valence-corrected chi connectivity index (χ3v) is 5.82. The highest BCUT2D eigenvalue weighted by molar-refractivity contribution is 5.70. The van der Waals surface area contributed by atoms with Crippen LogP contribution in [0, 0.1) is 18.3 Å². The molecule has 2 heterocycles. The summed E-state index contributed by atoms with van der Waals surface area (Å²) < 4.78 is 1.69. The SMILES string of the molecule is Cc1nc(N2CCCC(N)C2)n(Cc2ccccc2C#N)c(=O)c1/C=C/c1ccccc1. The van der Waals surface area contributed by atoms with E-state index in [0.717, 1.165) is 30.5 Å². The van der Waals surface area contributed by atoms with Crippen LogP contribution in [0.25, 0.3) is 12.2 Å². The molecule has 0 aliphatic carbocycles. The molecule has 0 bridgehead atoms. The first-order valence-corrected chi connectivity index (χ1v) is 10.9. The van der Waals surface area contributed by atoms with Gasteiger partial charge >= 0.3 is 0 Å². The Balaban J connectivity index is 1.82. The average Bonchev–Trinajstić information content (AvgIpc) is 2.81. The quantitative estimate of drug-likeness (QED) is 0.675. The van der Waals surface area contributed by atoms with Gasteiger partial charge in [-0.25, -0.2) is 4.98 Å². The fraction of sp³-hybridized carbons (Fsp3) is 0.269. The molecule has 6 heteroatoms. The van der Waals surface area contributed by atoms with Crippen LogP contribution in [0.1, 0.15) is 40.8 Å². The van der Waals surface area contributed by atoms with Crippen LogP contribution < -0.4 is 16.2 Å². The number of aryl methyl sites for hydroxylation is 1. The number of aromatic nitrogens is 2. The molecule has 0 saturated carbocycles. The highest BCUT2D eigenvalue weighted by Gasteiger charge is 2.23. The zero-order valence-electron chi connectivity index (χ0n) is 18.2.